The largest absolute Gasteiger partial charge is 0.454 e. The van der Waals surface area contributed by atoms with Gasteiger partial charge in [-0.2, -0.15) is 0 Å². The molecule has 1 atom stereocenters. The number of aromatic nitrogens is 1. The van der Waals surface area contributed by atoms with E-state index >= 15 is 0 Å². The summed E-state index contributed by atoms with van der Waals surface area (Å²) in [6, 6.07) is 8.90. The van der Waals surface area contributed by atoms with Gasteiger partial charge in [-0.15, -0.1) is 0 Å². The van der Waals surface area contributed by atoms with Crippen molar-refractivity contribution in [3.8, 4) is 11.5 Å². The number of amides is 1. The molecule has 1 amide bonds. The molecule has 1 aliphatic heterocycles. The van der Waals surface area contributed by atoms with E-state index in [4.69, 9.17) is 21.7 Å². The number of ether oxygens (including phenoxy) is 2. The lowest BCUT2D eigenvalue weighted by atomic mass is 10.1. The van der Waals surface area contributed by atoms with Crippen LogP contribution in [-0.2, 0) is 0 Å². The van der Waals surface area contributed by atoms with Crippen LogP contribution in [0, 0.1) is 4.64 Å². The Bertz CT molecular complexity index is 742. The van der Waals surface area contributed by atoms with Gasteiger partial charge in [-0.05, 0) is 36.8 Å². The highest BCUT2D eigenvalue weighted by Crippen LogP contribution is 2.34. The summed E-state index contributed by atoms with van der Waals surface area (Å²) in [6.45, 7) is 2.14. The van der Waals surface area contributed by atoms with Crippen LogP contribution in [0.3, 0.4) is 0 Å². The zero-order valence-electron chi connectivity index (χ0n) is 11.4. The maximum Gasteiger partial charge on any atom is 0.254 e. The molecule has 21 heavy (non-hydrogen) atoms. The van der Waals surface area contributed by atoms with E-state index in [0.717, 1.165) is 11.3 Å². The lowest BCUT2D eigenvalue weighted by Crippen LogP contribution is -2.27. The minimum Gasteiger partial charge on any atom is -0.454 e. The van der Waals surface area contributed by atoms with Crippen LogP contribution in [0.15, 0.2) is 36.5 Å². The molecule has 0 aliphatic carbocycles. The van der Waals surface area contributed by atoms with Gasteiger partial charge in [0.15, 0.2) is 11.5 Å². The monoisotopic (exact) mass is 302 g/mol. The summed E-state index contributed by atoms with van der Waals surface area (Å²) in [6.07, 6.45) is 1.69. The standard InChI is InChI=1S/C15H14N2O3S/c1-9(10-4-5-12-13(7-10)20-8-19-12)17-14(18)11-3-2-6-16-15(11)21/h2-7,9H,8H2,1H3,(H,16,21)(H,17,18). The van der Waals surface area contributed by atoms with Gasteiger partial charge in [0, 0.05) is 6.20 Å². The van der Waals surface area contributed by atoms with Crippen molar-refractivity contribution in [2.45, 2.75) is 13.0 Å². The number of aromatic amines is 1. The molecule has 108 valence electrons. The van der Waals surface area contributed by atoms with Crippen LogP contribution >= 0.6 is 12.2 Å². The SMILES string of the molecule is CC(NC(=O)c1ccc[nH]c1=S)c1ccc2c(c1)OCO2. The van der Waals surface area contributed by atoms with Gasteiger partial charge in [-0.1, -0.05) is 18.3 Å². The molecule has 0 bridgehead atoms. The first-order valence-corrected chi connectivity index (χ1v) is 6.94. The molecule has 1 aromatic heterocycles. The number of rotatable bonds is 3. The predicted octanol–water partition coefficient (Wildman–Crippen LogP) is 2.96. The van der Waals surface area contributed by atoms with Crippen molar-refractivity contribution in [2.24, 2.45) is 0 Å². The van der Waals surface area contributed by atoms with Gasteiger partial charge in [0.25, 0.3) is 5.91 Å². The summed E-state index contributed by atoms with van der Waals surface area (Å²) in [5, 5.41) is 2.92. The minimum atomic E-state index is -0.206. The Morgan fingerprint density at radius 2 is 2.14 bits per heavy atom. The smallest absolute Gasteiger partial charge is 0.254 e. The third kappa shape index (κ3) is 2.75. The quantitative estimate of drug-likeness (QED) is 0.856. The third-order valence-electron chi connectivity index (χ3n) is 3.31. The van der Waals surface area contributed by atoms with E-state index in [1.54, 1.807) is 18.3 Å². The molecule has 0 saturated heterocycles. The summed E-state index contributed by atoms with van der Waals surface area (Å²) in [4.78, 5) is 15.1. The van der Waals surface area contributed by atoms with Crippen LogP contribution in [0.25, 0.3) is 0 Å². The van der Waals surface area contributed by atoms with Crippen LogP contribution in [0.2, 0.25) is 0 Å². The van der Waals surface area contributed by atoms with Gasteiger partial charge in [-0.25, -0.2) is 0 Å². The molecule has 6 heteroatoms. The predicted molar refractivity (Wildman–Crippen MR) is 80.1 cm³/mol. The van der Waals surface area contributed by atoms with Gasteiger partial charge < -0.3 is 19.8 Å². The molecule has 3 rings (SSSR count). The first-order valence-electron chi connectivity index (χ1n) is 6.53. The average Bonchev–Trinajstić information content (AvgIpc) is 2.94. The second kappa shape index (κ2) is 5.57. The molecular formula is C15H14N2O3S. The summed E-state index contributed by atoms with van der Waals surface area (Å²) in [5.74, 6) is 1.22. The maximum atomic E-state index is 12.2. The molecule has 5 nitrogen and oxygen atoms in total. The van der Waals surface area contributed by atoms with Gasteiger partial charge >= 0.3 is 0 Å². The zero-order chi connectivity index (χ0) is 14.8. The van der Waals surface area contributed by atoms with E-state index in [9.17, 15) is 4.79 Å². The second-order valence-corrected chi connectivity index (χ2v) is 5.13. The van der Waals surface area contributed by atoms with Crippen molar-refractivity contribution >= 4 is 18.1 Å². The van der Waals surface area contributed by atoms with Crippen LogP contribution in [0.5, 0.6) is 11.5 Å². The number of pyridine rings is 1. The summed E-state index contributed by atoms with van der Waals surface area (Å²) in [5.41, 5.74) is 1.40. The Kier molecular flexibility index (Phi) is 3.62. The average molecular weight is 302 g/mol. The number of benzene rings is 1. The van der Waals surface area contributed by atoms with Crippen molar-refractivity contribution in [2.75, 3.05) is 6.79 Å². The van der Waals surface area contributed by atoms with E-state index in [1.165, 1.54) is 0 Å². The van der Waals surface area contributed by atoms with E-state index < -0.39 is 0 Å². The number of hydrogen-bond donors (Lipinski definition) is 2. The first kappa shape index (κ1) is 13.6. The van der Waals surface area contributed by atoms with Crippen molar-refractivity contribution in [3.05, 3.63) is 52.3 Å². The molecule has 0 fully saturated rings. The Balaban J connectivity index is 1.77. The van der Waals surface area contributed by atoms with E-state index in [-0.39, 0.29) is 18.7 Å². The van der Waals surface area contributed by atoms with Crippen LogP contribution in [0.1, 0.15) is 28.9 Å². The van der Waals surface area contributed by atoms with Gasteiger partial charge in [-0.3, -0.25) is 4.79 Å². The number of fused-ring (bicyclic) bond motifs is 1. The number of H-pyrrole nitrogens is 1. The molecule has 0 radical (unpaired) electrons. The number of carbonyl (C=O) groups excluding carboxylic acids is 1. The molecule has 1 aromatic carbocycles. The Morgan fingerprint density at radius 1 is 1.33 bits per heavy atom. The number of nitrogens with one attached hydrogen (secondary N) is 2. The fourth-order valence-corrected chi connectivity index (χ4v) is 2.37. The van der Waals surface area contributed by atoms with Crippen molar-refractivity contribution < 1.29 is 14.3 Å². The van der Waals surface area contributed by atoms with E-state index in [2.05, 4.69) is 10.3 Å². The zero-order valence-corrected chi connectivity index (χ0v) is 12.2. The van der Waals surface area contributed by atoms with Crippen LogP contribution < -0.4 is 14.8 Å². The normalized spacial score (nSPS) is 13.8. The Hall–Kier alpha value is -2.34. The Labute approximate surface area is 126 Å². The number of carbonyl (C=O) groups is 1. The molecule has 2 aromatic rings. The molecule has 2 heterocycles. The van der Waals surface area contributed by atoms with Crippen molar-refractivity contribution in [3.63, 3.8) is 0 Å². The van der Waals surface area contributed by atoms with E-state index in [1.807, 2.05) is 25.1 Å². The molecule has 0 spiro atoms. The summed E-state index contributed by atoms with van der Waals surface area (Å²) >= 11 is 5.11. The lowest BCUT2D eigenvalue weighted by Gasteiger charge is -2.14. The van der Waals surface area contributed by atoms with Crippen LogP contribution in [-0.4, -0.2) is 17.7 Å². The van der Waals surface area contributed by atoms with Gasteiger partial charge in [0.2, 0.25) is 6.79 Å². The van der Waals surface area contributed by atoms with E-state index in [0.29, 0.717) is 16.0 Å². The second-order valence-electron chi connectivity index (χ2n) is 4.72. The van der Waals surface area contributed by atoms with Gasteiger partial charge in [0.1, 0.15) is 4.64 Å². The van der Waals surface area contributed by atoms with Gasteiger partial charge in [0.05, 0.1) is 11.6 Å². The minimum absolute atomic E-state index is 0.165. The molecule has 1 unspecified atom stereocenters. The number of hydrogen-bond acceptors (Lipinski definition) is 4. The molecule has 0 saturated carbocycles. The summed E-state index contributed by atoms with van der Waals surface area (Å²) in [7, 11) is 0. The van der Waals surface area contributed by atoms with Crippen LogP contribution in [0.4, 0.5) is 0 Å². The highest BCUT2D eigenvalue weighted by molar-refractivity contribution is 7.71. The van der Waals surface area contributed by atoms with Crippen molar-refractivity contribution in [1.29, 1.82) is 0 Å². The molecule has 1 aliphatic rings. The topological polar surface area (TPSA) is 63.4 Å². The maximum absolute atomic E-state index is 12.2. The Morgan fingerprint density at radius 3 is 2.95 bits per heavy atom. The highest BCUT2D eigenvalue weighted by atomic mass is 32.1. The fourth-order valence-electron chi connectivity index (χ4n) is 2.14. The third-order valence-corrected chi connectivity index (χ3v) is 3.64. The lowest BCUT2D eigenvalue weighted by molar-refractivity contribution is 0.0939. The highest BCUT2D eigenvalue weighted by Gasteiger charge is 2.17. The summed E-state index contributed by atoms with van der Waals surface area (Å²) < 4.78 is 11.0. The fraction of sp³-hybridized carbons (Fsp3) is 0.200. The first-order chi connectivity index (χ1) is 10.1. The van der Waals surface area contributed by atoms with Crippen molar-refractivity contribution in [1.82, 2.24) is 10.3 Å². The molecular weight excluding hydrogens is 288 g/mol. The molecule has 2 N–H and O–H groups in total.